The van der Waals surface area contributed by atoms with E-state index in [4.69, 9.17) is 11.3 Å². The van der Waals surface area contributed by atoms with Crippen LogP contribution in [0.15, 0.2) is 53.6 Å². The summed E-state index contributed by atoms with van der Waals surface area (Å²) in [5, 5.41) is 8.41. The minimum atomic E-state index is -1.18. The molecule has 7 nitrogen and oxygen atoms in total. The first-order valence-corrected chi connectivity index (χ1v) is 8.16. The third-order valence-corrected chi connectivity index (χ3v) is 4.66. The van der Waals surface area contributed by atoms with E-state index in [0.717, 1.165) is 4.90 Å². The molecule has 3 rings (SSSR count). The number of amides is 2. The molecule has 1 aromatic carbocycles. The Kier molecular flexibility index (Phi) is 4.59. The summed E-state index contributed by atoms with van der Waals surface area (Å²) in [6, 6.07) is 11.1. The minimum Gasteiger partial charge on any atom is -0.300 e. The van der Waals surface area contributed by atoms with E-state index in [1.165, 1.54) is 22.9 Å². The van der Waals surface area contributed by atoms with E-state index >= 15 is 0 Å². The number of rotatable bonds is 4. The van der Waals surface area contributed by atoms with E-state index in [1.54, 1.807) is 30.3 Å². The highest BCUT2D eigenvalue weighted by Crippen LogP contribution is 2.36. The molecule has 0 bridgehead atoms. The summed E-state index contributed by atoms with van der Waals surface area (Å²) >= 11 is 1.40. The second-order valence-electron chi connectivity index (χ2n) is 5.06. The van der Waals surface area contributed by atoms with Crippen LogP contribution in [0.25, 0.3) is 0 Å². The van der Waals surface area contributed by atoms with Crippen LogP contribution in [0, 0.1) is 5.41 Å². The highest BCUT2D eigenvalue weighted by molar-refractivity contribution is 8.00. The Bertz CT molecular complexity index is 796. The summed E-state index contributed by atoms with van der Waals surface area (Å²) in [6.45, 7) is 0. The average Bonchev–Trinajstić information content (AvgIpc) is 2.64. The number of para-hydroxylation sites is 1. The number of hydrogen-bond acceptors (Lipinski definition) is 6. The minimum absolute atomic E-state index is 0.0893. The van der Waals surface area contributed by atoms with Crippen molar-refractivity contribution in [3.8, 4) is 0 Å². The van der Waals surface area contributed by atoms with Gasteiger partial charge in [0.15, 0.2) is 6.04 Å². The molecular formula is C16H15N5O2S. The van der Waals surface area contributed by atoms with Crippen LogP contribution in [-0.2, 0) is 9.59 Å². The second-order valence-corrected chi connectivity index (χ2v) is 6.08. The van der Waals surface area contributed by atoms with Gasteiger partial charge < -0.3 is 5.41 Å². The van der Waals surface area contributed by atoms with Gasteiger partial charge in [-0.25, -0.2) is 5.84 Å². The standard InChI is InChI=1S/C16H15N5O2S/c17-14(10-5-3-4-8-19-10)15(16(23)20-18)21-11-6-1-2-7-12(11)24-9-13(21)22/h1-8,15,17H,9,18H2,(H,20,23). The molecule has 0 saturated heterocycles. The van der Waals surface area contributed by atoms with Gasteiger partial charge in [0.25, 0.3) is 5.91 Å². The molecule has 8 heteroatoms. The van der Waals surface area contributed by atoms with Crippen molar-refractivity contribution in [2.45, 2.75) is 10.9 Å². The lowest BCUT2D eigenvalue weighted by atomic mass is 10.0. The summed E-state index contributed by atoms with van der Waals surface area (Å²) in [5.74, 6) is 4.60. The maximum absolute atomic E-state index is 12.5. The highest BCUT2D eigenvalue weighted by atomic mass is 32.2. The van der Waals surface area contributed by atoms with Gasteiger partial charge in [-0.15, -0.1) is 11.8 Å². The number of nitrogens with two attached hydrogens (primary N) is 1. The molecule has 122 valence electrons. The lowest BCUT2D eigenvalue weighted by Crippen LogP contribution is -2.57. The quantitative estimate of drug-likeness (QED) is 0.332. The van der Waals surface area contributed by atoms with Crippen molar-refractivity contribution in [2.75, 3.05) is 10.7 Å². The van der Waals surface area contributed by atoms with Gasteiger partial charge in [-0.3, -0.25) is 24.9 Å². The predicted octanol–water partition coefficient (Wildman–Crippen LogP) is 0.947. The highest BCUT2D eigenvalue weighted by Gasteiger charge is 2.38. The number of carbonyl (C=O) groups is 2. The van der Waals surface area contributed by atoms with E-state index in [1.807, 2.05) is 12.1 Å². The molecule has 1 aromatic heterocycles. The molecule has 0 aliphatic carbocycles. The van der Waals surface area contributed by atoms with Gasteiger partial charge in [-0.1, -0.05) is 18.2 Å². The average molecular weight is 341 g/mol. The van der Waals surface area contributed by atoms with Crippen molar-refractivity contribution in [1.29, 1.82) is 5.41 Å². The molecule has 2 heterocycles. The Labute approximate surface area is 142 Å². The lowest BCUT2D eigenvalue weighted by molar-refractivity contribution is -0.124. The Hall–Kier alpha value is -2.71. The lowest BCUT2D eigenvalue weighted by Gasteiger charge is -2.34. The van der Waals surface area contributed by atoms with Crippen LogP contribution in [0.2, 0.25) is 0 Å². The zero-order chi connectivity index (χ0) is 17.1. The molecule has 0 radical (unpaired) electrons. The Morgan fingerprint density at radius 1 is 1.29 bits per heavy atom. The number of carbonyl (C=O) groups excluding carboxylic acids is 2. The van der Waals surface area contributed by atoms with Crippen LogP contribution in [0.3, 0.4) is 0 Å². The molecule has 1 aliphatic rings. The van der Waals surface area contributed by atoms with Crippen molar-refractivity contribution in [3.05, 3.63) is 54.4 Å². The molecule has 2 aromatic rings. The van der Waals surface area contributed by atoms with Crippen LogP contribution < -0.4 is 16.2 Å². The molecule has 24 heavy (non-hydrogen) atoms. The molecule has 0 saturated carbocycles. The molecule has 0 fully saturated rings. The Morgan fingerprint density at radius 3 is 2.75 bits per heavy atom. The van der Waals surface area contributed by atoms with Gasteiger partial charge in [0, 0.05) is 11.1 Å². The summed E-state index contributed by atoms with van der Waals surface area (Å²) in [5.41, 5.74) is 2.87. The number of pyridine rings is 1. The Morgan fingerprint density at radius 2 is 2.04 bits per heavy atom. The second kappa shape index (κ2) is 6.81. The molecule has 2 amide bonds. The number of thioether (sulfide) groups is 1. The fraction of sp³-hybridized carbons (Fsp3) is 0.125. The van der Waals surface area contributed by atoms with Crippen LogP contribution in [0.5, 0.6) is 0 Å². The molecular weight excluding hydrogens is 326 g/mol. The first-order valence-electron chi connectivity index (χ1n) is 7.17. The molecule has 0 spiro atoms. The zero-order valence-corrected chi connectivity index (χ0v) is 13.4. The van der Waals surface area contributed by atoms with E-state index in [-0.39, 0.29) is 17.4 Å². The monoisotopic (exact) mass is 341 g/mol. The van der Waals surface area contributed by atoms with Gasteiger partial charge in [0.1, 0.15) is 0 Å². The smallest absolute Gasteiger partial charge is 0.263 e. The van der Waals surface area contributed by atoms with Crippen LogP contribution in [0.4, 0.5) is 5.69 Å². The molecule has 4 N–H and O–H groups in total. The number of hydrazine groups is 1. The zero-order valence-electron chi connectivity index (χ0n) is 12.6. The van der Waals surface area contributed by atoms with Crippen LogP contribution in [-0.4, -0.2) is 34.3 Å². The number of benzene rings is 1. The largest absolute Gasteiger partial charge is 0.300 e. The third kappa shape index (κ3) is 2.89. The predicted molar refractivity (Wildman–Crippen MR) is 91.8 cm³/mol. The van der Waals surface area contributed by atoms with E-state index < -0.39 is 11.9 Å². The molecule has 1 atom stereocenters. The van der Waals surface area contributed by atoms with E-state index in [9.17, 15) is 9.59 Å². The number of nitrogens with one attached hydrogen (secondary N) is 2. The van der Waals surface area contributed by atoms with Gasteiger partial charge in [-0.2, -0.15) is 0 Å². The summed E-state index contributed by atoms with van der Waals surface area (Å²) in [7, 11) is 0. The number of fused-ring (bicyclic) bond motifs is 1. The number of anilines is 1. The van der Waals surface area contributed by atoms with Crippen molar-refractivity contribution in [2.24, 2.45) is 5.84 Å². The summed E-state index contributed by atoms with van der Waals surface area (Å²) in [4.78, 5) is 31.2. The third-order valence-electron chi connectivity index (χ3n) is 3.61. The molecule has 1 aliphatic heterocycles. The number of hydrogen-bond donors (Lipinski definition) is 3. The summed E-state index contributed by atoms with van der Waals surface area (Å²) in [6.07, 6.45) is 1.53. The summed E-state index contributed by atoms with van der Waals surface area (Å²) < 4.78 is 0. The van der Waals surface area contributed by atoms with Crippen molar-refractivity contribution < 1.29 is 9.59 Å². The van der Waals surface area contributed by atoms with E-state index in [0.29, 0.717) is 11.4 Å². The van der Waals surface area contributed by atoms with Crippen molar-refractivity contribution >= 4 is 35.0 Å². The van der Waals surface area contributed by atoms with Gasteiger partial charge >= 0.3 is 0 Å². The van der Waals surface area contributed by atoms with E-state index in [2.05, 4.69) is 10.4 Å². The van der Waals surface area contributed by atoms with Crippen molar-refractivity contribution in [1.82, 2.24) is 10.4 Å². The number of aromatic nitrogens is 1. The normalized spacial score (nSPS) is 14.7. The Balaban J connectivity index is 2.08. The van der Waals surface area contributed by atoms with Crippen molar-refractivity contribution in [3.63, 3.8) is 0 Å². The maximum atomic E-state index is 12.5. The maximum Gasteiger partial charge on any atom is 0.263 e. The van der Waals surface area contributed by atoms with Crippen LogP contribution in [0.1, 0.15) is 5.69 Å². The van der Waals surface area contributed by atoms with Crippen LogP contribution >= 0.6 is 11.8 Å². The van der Waals surface area contributed by atoms with Gasteiger partial charge in [0.2, 0.25) is 5.91 Å². The van der Waals surface area contributed by atoms with Gasteiger partial charge in [-0.05, 0) is 24.3 Å². The fourth-order valence-electron chi connectivity index (χ4n) is 2.52. The first kappa shape index (κ1) is 16.2. The number of nitrogens with zero attached hydrogens (tertiary/aromatic N) is 2. The topological polar surface area (TPSA) is 112 Å². The van der Waals surface area contributed by atoms with Gasteiger partial charge in [0.05, 0.1) is 22.8 Å². The molecule has 1 unspecified atom stereocenters. The SMILES string of the molecule is N=C(c1ccccn1)C(C(=O)NN)N1C(=O)CSc2ccccc21. The fourth-order valence-corrected chi connectivity index (χ4v) is 3.43. The first-order chi connectivity index (χ1) is 11.6.